The van der Waals surface area contributed by atoms with Gasteiger partial charge in [0.15, 0.2) is 0 Å². The van der Waals surface area contributed by atoms with Crippen LogP contribution in [0.2, 0.25) is 0 Å². The molecule has 1 aromatic rings. The van der Waals surface area contributed by atoms with Gasteiger partial charge in [0.2, 0.25) is 0 Å². The summed E-state index contributed by atoms with van der Waals surface area (Å²) in [5, 5.41) is 1.73. The maximum atomic E-state index is 4.51. The van der Waals surface area contributed by atoms with Gasteiger partial charge in [-0.05, 0) is 40.9 Å². The smallest absolute Gasteiger partial charge is 0.0966 e. The van der Waals surface area contributed by atoms with E-state index in [9.17, 15) is 0 Å². The van der Waals surface area contributed by atoms with E-state index in [1.807, 2.05) is 18.7 Å². The fourth-order valence-electron chi connectivity index (χ4n) is 0.913. The van der Waals surface area contributed by atoms with E-state index in [-0.39, 0.29) is 0 Å². The SMILES string of the molecule is Cc1nc(SC(C)C(C)C)ccc1Br. The fourth-order valence-corrected chi connectivity index (χ4v) is 2.12. The number of halogens is 1. The van der Waals surface area contributed by atoms with Gasteiger partial charge in [0.1, 0.15) is 0 Å². The first-order valence-corrected chi connectivity index (χ1v) is 6.47. The van der Waals surface area contributed by atoms with Crippen LogP contribution in [0, 0.1) is 12.8 Å². The van der Waals surface area contributed by atoms with Crippen LogP contribution in [0.15, 0.2) is 21.6 Å². The first-order chi connectivity index (χ1) is 6.50. The highest BCUT2D eigenvalue weighted by molar-refractivity contribution is 9.10. The number of hydrogen-bond donors (Lipinski definition) is 0. The van der Waals surface area contributed by atoms with Gasteiger partial charge in [0, 0.05) is 9.72 Å². The monoisotopic (exact) mass is 273 g/mol. The molecule has 0 amide bonds. The molecule has 0 aliphatic carbocycles. The molecule has 0 bridgehead atoms. The Morgan fingerprint density at radius 1 is 1.29 bits per heavy atom. The van der Waals surface area contributed by atoms with Crippen LogP contribution in [0.25, 0.3) is 0 Å². The van der Waals surface area contributed by atoms with Crippen LogP contribution in [-0.4, -0.2) is 10.2 Å². The van der Waals surface area contributed by atoms with Gasteiger partial charge in [-0.2, -0.15) is 0 Å². The molecule has 78 valence electrons. The average Bonchev–Trinajstić information content (AvgIpc) is 2.11. The quantitative estimate of drug-likeness (QED) is 0.763. The number of aromatic nitrogens is 1. The second-order valence-electron chi connectivity index (χ2n) is 3.78. The number of aryl methyl sites for hydroxylation is 1. The summed E-state index contributed by atoms with van der Waals surface area (Å²) in [7, 11) is 0. The summed E-state index contributed by atoms with van der Waals surface area (Å²) in [6.07, 6.45) is 0. The molecule has 0 N–H and O–H groups in total. The average molecular weight is 274 g/mol. The molecule has 0 aliphatic rings. The van der Waals surface area contributed by atoms with Crippen molar-refractivity contribution in [2.75, 3.05) is 0 Å². The lowest BCUT2D eigenvalue weighted by Gasteiger charge is -2.14. The Morgan fingerprint density at radius 3 is 2.43 bits per heavy atom. The molecule has 0 radical (unpaired) electrons. The minimum absolute atomic E-state index is 0.614. The van der Waals surface area contributed by atoms with E-state index < -0.39 is 0 Å². The van der Waals surface area contributed by atoms with Gasteiger partial charge in [-0.15, -0.1) is 11.8 Å². The normalized spacial score (nSPS) is 13.3. The van der Waals surface area contributed by atoms with Crippen LogP contribution in [0.1, 0.15) is 26.5 Å². The van der Waals surface area contributed by atoms with E-state index in [0.717, 1.165) is 15.2 Å². The van der Waals surface area contributed by atoms with Crippen LogP contribution in [0.5, 0.6) is 0 Å². The van der Waals surface area contributed by atoms with Crippen molar-refractivity contribution in [2.45, 2.75) is 38.0 Å². The summed E-state index contributed by atoms with van der Waals surface area (Å²) in [6, 6.07) is 4.14. The number of thioether (sulfide) groups is 1. The third-order valence-electron chi connectivity index (χ3n) is 2.24. The molecule has 0 aliphatic heterocycles. The van der Waals surface area contributed by atoms with E-state index in [0.29, 0.717) is 11.2 Å². The molecular formula is C11H16BrNS. The lowest BCUT2D eigenvalue weighted by Crippen LogP contribution is -2.05. The van der Waals surface area contributed by atoms with Crippen LogP contribution >= 0.6 is 27.7 Å². The molecule has 0 spiro atoms. The van der Waals surface area contributed by atoms with E-state index in [4.69, 9.17) is 0 Å². The van der Waals surface area contributed by atoms with Crippen molar-refractivity contribution < 1.29 is 0 Å². The molecule has 0 fully saturated rings. The zero-order valence-electron chi connectivity index (χ0n) is 9.04. The second-order valence-corrected chi connectivity index (χ2v) is 6.04. The summed E-state index contributed by atoms with van der Waals surface area (Å²) < 4.78 is 1.08. The van der Waals surface area contributed by atoms with E-state index in [1.165, 1.54) is 0 Å². The zero-order chi connectivity index (χ0) is 10.7. The molecule has 1 unspecified atom stereocenters. The molecule has 1 rings (SSSR count). The number of hydrogen-bond acceptors (Lipinski definition) is 2. The predicted octanol–water partition coefficient (Wildman–Crippen LogP) is 4.29. The molecule has 3 heteroatoms. The standard InChI is InChI=1S/C11H16BrNS/c1-7(2)9(4)14-11-6-5-10(12)8(3)13-11/h5-7,9H,1-4H3. The van der Waals surface area contributed by atoms with Gasteiger partial charge >= 0.3 is 0 Å². The highest BCUT2D eigenvalue weighted by Gasteiger charge is 2.10. The lowest BCUT2D eigenvalue weighted by molar-refractivity contribution is 0.641. The lowest BCUT2D eigenvalue weighted by atomic mass is 10.2. The molecule has 0 saturated heterocycles. The number of rotatable bonds is 3. The van der Waals surface area contributed by atoms with E-state index in [2.05, 4.69) is 53.8 Å². The largest absolute Gasteiger partial charge is 0.246 e. The molecule has 1 heterocycles. The summed E-state index contributed by atoms with van der Waals surface area (Å²) >= 11 is 5.30. The molecule has 14 heavy (non-hydrogen) atoms. The van der Waals surface area contributed by atoms with Crippen LogP contribution < -0.4 is 0 Å². The van der Waals surface area contributed by atoms with Gasteiger partial charge in [-0.1, -0.05) is 20.8 Å². The minimum atomic E-state index is 0.614. The van der Waals surface area contributed by atoms with Crippen molar-refractivity contribution in [1.29, 1.82) is 0 Å². The molecular weight excluding hydrogens is 258 g/mol. The first-order valence-electron chi connectivity index (χ1n) is 4.80. The molecule has 0 aromatic carbocycles. The molecule has 0 saturated carbocycles. The fraction of sp³-hybridized carbons (Fsp3) is 0.545. The maximum absolute atomic E-state index is 4.51. The second kappa shape index (κ2) is 5.17. The highest BCUT2D eigenvalue weighted by atomic mass is 79.9. The third kappa shape index (κ3) is 3.28. The van der Waals surface area contributed by atoms with Crippen molar-refractivity contribution in [1.82, 2.24) is 4.98 Å². The Bertz CT molecular complexity index is 312. The topological polar surface area (TPSA) is 12.9 Å². The van der Waals surface area contributed by atoms with Crippen molar-refractivity contribution in [3.8, 4) is 0 Å². The van der Waals surface area contributed by atoms with Crippen molar-refractivity contribution in [2.24, 2.45) is 5.92 Å². The van der Waals surface area contributed by atoms with Crippen molar-refractivity contribution in [3.63, 3.8) is 0 Å². The van der Waals surface area contributed by atoms with Crippen LogP contribution in [0.4, 0.5) is 0 Å². The molecule has 1 nitrogen and oxygen atoms in total. The van der Waals surface area contributed by atoms with Gasteiger partial charge in [-0.25, -0.2) is 4.98 Å². The number of pyridine rings is 1. The van der Waals surface area contributed by atoms with Crippen molar-refractivity contribution >= 4 is 27.7 Å². The Kier molecular flexibility index (Phi) is 4.45. The van der Waals surface area contributed by atoms with Gasteiger partial charge in [0.25, 0.3) is 0 Å². The van der Waals surface area contributed by atoms with Gasteiger partial charge < -0.3 is 0 Å². The Balaban J connectivity index is 2.73. The molecule has 1 atom stereocenters. The zero-order valence-corrected chi connectivity index (χ0v) is 11.4. The van der Waals surface area contributed by atoms with Gasteiger partial charge in [0.05, 0.1) is 10.7 Å². The van der Waals surface area contributed by atoms with Crippen LogP contribution in [0.3, 0.4) is 0 Å². The molecule has 1 aromatic heterocycles. The summed E-state index contributed by atoms with van der Waals surface area (Å²) in [4.78, 5) is 4.51. The first kappa shape index (κ1) is 12.1. The van der Waals surface area contributed by atoms with E-state index >= 15 is 0 Å². The number of nitrogens with zero attached hydrogens (tertiary/aromatic N) is 1. The van der Waals surface area contributed by atoms with Crippen molar-refractivity contribution in [3.05, 3.63) is 22.3 Å². The van der Waals surface area contributed by atoms with E-state index in [1.54, 1.807) is 0 Å². The summed E-state index contributed by atoms with van der Waals surface area (Å²) in [5.74, 6) is 0.686. The predicted molar refractivity (Wildman–Crippen MR) is 66.8 cm³/mol. The Hall–Kier alpha value is -0.0200. The minimum Gasteiger partial charge on any atom is -0.246 e. The summed E-state index contributed by atoms with van der Waals surface area (Å²) in [6.45, 7) is 8.75. The summed E-state index contributed by atoms with van der Waals surface area (Å²) in [5.41, 5.74) is 1.06. The van der Waals surface area contributed by atoms with Crippen LogP contribution in [-0.2, 0) is 0 Å². The Morgan fingerprint density at radius 2 is 1.93 bits per heavy atom. The third-order valence-corrected chi connectivity index (χ3v) is 4.46. The Labute approximate surface area is 98.8 Å². The maximum Gasteiger partial charge on any atom is 0.0966 e. The highest BCUT2D eigenvalue weighted by Crippen LogP contribution is 2.27. The van der Waals surface area contributed by atoms with Gasteiger partial charge in [-0.3, -0.25) is 0 Å².